The molecule has 2 aromatic rings. The summed E-state index contributed by atoms with van der Waals surface area (Å²) in [7, 11) is -1.52. The molecule has 0 saturated heterocycles. The van der Waals surface area contributed by atoms with Crippen molar-refractivity contribution in [2.24, 2.45) is 5.92 Å². The highest BCUT2D eigenvalue weighted by atomic mass is 32.2. The molecule has 0 aliphatic heterocycles. The molecule has 1 fully saturated rings. The first-order valence-corrected chi connectivity index (χ1v) is 15.3. The average Bonchev–Trinajstić information content (AvgIpc) is 3.24. The molecule has 10 nitrogen and oxygen atoms in total. The van der Waals surface area contributed by atoms with Crippen LogP contribution >= 0.6 is 0 Å². The summed E-state index contributed by atoms with van der Waals surface area (Å²) in [5, 5.41) is 10.3. The molecule has 0 unspecified atom stereocenters. The van der Waals surface area contributed by atoms with Crippen LogP contribution in [0.3, 0.4) is 0 Å². The van der Waals surface area contributed by atoms with Crippen molar-refractivity contribution in [1.82, 2.24) is 20.1 Å². The third kappa shape index (κ3) is 8.56. The Kier molecular flexibility index (Phi) is 10.8. The fraction of sp³-hybridized carbons (Fsp3) is 0.654. The van der Waals surface area contributed by atoms with E-state index < -0.39 is 22.6 Å². The van der Waals surface area contributed by atoms with E-state index in [0.717, 1.165) is 12.8 Å². The molecular weight excluding hydrogens is 551 g/mol. The summed E-state index contributed by atoms with van der Waals surface area (Å²) in [6.45, 7) is 3.73. The average molecular weight is 590 g/mol. The lowest BCUT2D eigenvalue weighted by molar-refractivity contribution is -0.173. The zero-order valence-electron chi connectivity index (χ0n) is 23.3. The van der Waals surface area contributed by atoms with Crippen molar-refractivity contribution in [3.05, 3.63) is 23.5 Å². The van der Waals surface area contributed by atoms with E-state index in [1.54, 1.807) is 16.9 Å². The van der Waals surface area contributed by atoms with Crippen LogP contribution in [-0.2, 0) is 21.1 Å². The maximum atomic E-state index is 13.1. The van der Waals surface area contributed by atoms with E-state index in [4.69, 9.17) is 4.74 Å². The fourth-order valence-corrected chi connectivity index (χ4v) is 6.01. The van der Waals surface area contributed by atoms with Gasteiger partial charge in [0.05, 0.1) is 23.6 Å². The van der Waals surface area contributed by atoms with E-state index in [0.29, 0.717) is 73.0 Å². The number of amides is 1. The van der Waals surface area contributed by atoms with Crippen LogP contribution in [0.25, 0.3) is 11.3 Å². The second kappa shape index (κ2) is 13.7. The van der Waals surface area contributed by atoms with Crippen molar-refractivity contribution in [3.8, 4) is 17.0 Å². The molecule has 2 N–H and O–H groups in total. The summed E-state index contributed by atoms with van der Waals surface area (Å²) < 4.78 is 72.0. The van der Waals surface area contributed by atoms with Gasteiger partial charge in [-0.15, -0.1) is 0 Å². The van der Waals surface area contributed by atoms with E-state index in [1.807, 2.05) is 13.8 Å². The predicted octanol–water partition coefficient (Wildman–Crippen LogP) is 4.00. The summed E-state index contributed by atoms with van der Waals surface area (Å²) in [6.07, 6.45) is 1.61. The summed E-state index contributed by atoms with van der Waals surface area (Å²) in [6, 6.07) is 1.69. The highest BCUT2D eigenvalue weighted by Crippen LogP contribution is 2.35. The second-order valence-corrected chi connectivity index (χ2v) is 12.4. The van der Waals surface area contributed by atoms with Gasteiger partial charge in [0.15, 0.2) is 5.69 Å². The van der Waals surface area contributed by atoms with Crippen LogP contribution < -0.4 is 15.4 Å². The zero-order chi connectivity index (χ0) is 29.5. The van der Waals surface area contributed by atoms with Gasteiger partial charge in [-0.05, 0) is 51.9 Å². The molecule has 2 aromatic heterocycles. The standard InChI is InChI=1S/C26H38F3N5O5S/c1-5-34-24(20-15-31-22(13-21(20)38-3)30-11-6-12-39-16-26(27,28)29)17(2)23(33-34)25(35)32-14-18-7-9-19(10-8-18)40(4,36)37/h13,15,18-19H,5-12,14,16H2,1-4H3,(H,30,31)(H,32,35)/t18-,19+. The number of carbonyl (C=O) groups excluding carboxylic acids is 1. The maximum absolute atomic E-state index is 13.1. The molecule has 0 atom stereocenters. The summed E-state index contributed by atoms with van der Waals surface area (Å²) in [5.74, 6) is 0.906. The predicted molar refractivity (Wildman–Crippen MR) is 145 cm³/mol. The molecule has 0 aromatic carbocycles. The number of nitrogens with one attached hydrogen (secondary N) is 2. The van der Waals surface area contributed by atoms with Crippen molar-refractivity contribution < 1.29 is 35.9 Å². The van der Waals surface area contributed by atoms with Crippen LogP contribution in [0.4, 0.5) is 19.0 Å². The lowest BCUT2D eigenvalue weighted by Gasteiger charge is -2.27. The maximum Gasteiger partial charge on any atom is 0.411 e. The van der Waals surface area contributed by atoms with Crippen LogP contribution in [0.2, 0.25) is 0 Å². The first kappa shape index (κ1) is 31.7. The smallest absolute Gasteiger partial charge is 0.411 e. The Hall–Kier alpha value is -2.87. The van der Waals surface area contributed by atoms with Crippen LogP contribution in [0.15, 0.2) is 12.3 Å². The Labute approximate surface area is 232 Å². The number of pyridine rings is 1. The molecule has 0 spiro atoms. The number of hydrogen-bond donors (Lipinski definition) is 2. The third-order valence-corrected chi connectivity index (χ3v) is 8.72. The SMILES string of the molecule is CCn1nc(C(=O)NC[C@H]2CC[C@@H](S(C)(=O)=O)CC2)c(C)c1-c1cnc(NCCCOCC(F)(F)F)cc1OC. The molecule has 1 amide bonds. The lowest BCUT2D eigenvalue weighted by Crippen LogP contribution is -2.34. The Morgan fingerprint density at radius 1 is 1.23 bits per heavy atom. The van der Waals surface area contributed by atoms with Crippen molar-refractivity contribution in [2.75, 3.05) is 45.0 Å². The van der Waals surface area contributed by atoms with Crippen molar-refractivity contribution >= 4 is 21.6 Å². The highest BCUT2D eigenvalue weighted by molar-refractivity contribution is 7.91. The van der Waals surface area contributed by atoms with Gasteiger partial charge in [0.25, 0.3) is 5.91 Å². The van der Waals surface area contributed by atoms with Gasteiger partial charge >= 0.3 is 6.18 Å². The second-order valence-electron chi connectivity index (χ2n) is 10.0. The molecule has 1 aliphatic rings. The van der Waals surface area contributed by atoms with Gasteiger partial charge in [-0.3, -0.25) is 9.48 Å². The number of aromatic nitrogens is 3. The zero-order valence-corrected chi connectivity index (χ0v) is 24.1. The number of hydrogen-bond acceptors (Lipinski definition) is 8. The number of ether oxygens (including phenoxy) is 2. The fourth-order valence-electron chi connectivity index (χ4n) is 4.88. The van der Waals surface area contributed by atoms with Crippen LogP contribution in [0.5, 0.6) is 5.75 Å². The molecule has 0 bridgehead atoms. The number of sulfone groups is 1. The van der Waals surface area contributed by atoms with Crippen molar-refractivity contribution in [3.63, 3.8) is 0 Å². The largest absolute Gasteiger partial charge is 0.496 e. The van der Waals surface area contributed by atoms with Crippen molar-refractivity contribution in [1.29, 1.82) is 0 Å². The molecule has 2 heterocycles. The Morgan fingerprint density at radius 2 is 1.93 bits per heavy atom. The molecular formula is C26H38F3N5O5S. The minimum atomic E-state index is -4.34. The number of carbonyl (C=O) groups is 1. The van der Waals surface area contributed by atoms with E-state index in [2.05, 4.69) is 25.5 Å². The van der Waals surface area contributed by atoms with Gasteiger partial charge < -0.3 is 20.1 Å². The van der Waals surface area contributed by atoms with Gasteiger partial charge in [-0.25, -0.2) is 13.4 Å². The van der Waals surface area contributed by atoms with Gasteiger partial charge in [0, 0.05) is 50.3 Å². The molecule has 14 heteroatoms. The topological polar surface area (TPSA) is 124 Å². The number of halogens is 3. The van der Waals surface area contributed by atoms with E-state index in [9.17, 15) is 26.4 Å². The van der Waals surface area contributed by atoms with Crippen LogP contribution in [-0.4, -0.2) is 80.2 Å². The molecule has 0 radical (unpaired) electrons. The molecule has 1 aliphatic carbocycles. The molecule has 224 valence electrons. The number of anilines is 1. The number of nitrogens with zero attached hydrogens (tertiary/aromatic N) is 3. The van der Waals surface area contributed by atoms with Gasteiger partial charge in [0.1, 0.15) is 28.0 Å². The monoisotopic (exact) mass is 589 g/mol. The molecule has 40 heavy (non-hydrogen) atoms. The number of methoxy groups -OCH3 is 1. The first-order chi connectivity index (χ1) is 18.8. The third-order valence-electron chi connectivity index (χ3n) is 7.03. The summed E-state index contributed by atoms with van der Waals surface area (Å²) in [4.78, 5) is 17.5. The van der Waals surface area contributed by atoms with Gasteiger partial charge in [0.2, 0.25) is 0 Å². The summed E-state index contributed by atoms with van der Waals surface area (Å²) >= 11 is 0. The van der Waals surface area contributed by atoms with Crippen molar-refractivity contribution in [2.45, 2.75) is 63.9 Å². The normalized spacial score (nSPS) is 18.0. The van der Waals surface area contributed by atoms with E-state index in [-0.39, 0.29) is 23.7 Å². The minimum Gasteiger partial charge on any atom is -0.496 e. The Balaban J connectivity index is 1.64. The quantitative estimate of drug-likeness (QED) is 0.336. The number of rotatable bonds is 13. The Bertz CT molecular complexity index is 1260. The number of alkyl halides is 3. The molecule has 3 rings (SSSR count). The van der Waals surface area contributed by atoms with Gasteiger partial charge in [-0.2, -0.15) is 18.3 Å². The number of aryl methyl sites for hydroxylation is 1. The minimum absolute atomic E-state index is 0.0383. The van der Waals surface area contributed by atoms with Gasteiger partial charge in [-0.1, -0.05) is 0 Å². The van der Waals surface area contributed by atoms with Crippen LogP contribution in [0, 0.1) is 12.8 Å². The van der Waals surface area contributed by atoms with E-state index in [1.165, 1.54) is 13.4 Å². The summed E-state index contributed by atoms with van der Waals surface area (Å²) in [5.41, 5.74) is 2.30. The molecule has 1 saturated carbocycles. The van der Waals surface area contributed by atoms with E-state index >= 15 is 0 Å². The lowest BCUT2D eigenvalue weighted by atomic mass is 9.89. The Morgan fingerprint density at radius 3 is 2.52 bits per heavy atom. The highest BCUT2D eigenvalue weighted by Gasteiger charge is 2.29. The first-order valence-electron chi connectivity index (χ1n) is 13.3. The van der Waals surface area contributed by atoms with Crippen LogP contribution in [0.1, 0.15) is 55.1 Å².